The van der Waals surface area contributed by atoms with Crippen LogP contribution < -0.4 is 32.3 Å². The topological polar surface area (TPSA) is 265 Å². The number of nitrogens with zero attached hydrogens (tertiary/aromatic N) is 4. The highest BCUT2D eigenvalue weighted by molar-refractivity contribution is 5.94. The molecule has 1 aliphatic rings. The van der Waals surface area contributed by atoms with Crippen molar-refractivity contribution >= 4 is 29.9 Å². The molecule has 20 nitrogen and oxygen atoms in total. The number of rotatable bonds is 17. The number of aliphatic hydroxyl groups is 1. The minimum absolute atomic E-state index is 0.110. The van der Waals surface area contributed by atoms with Gasteiger partial charge in [0.2, 0.25) is 11.7 Å². The van der Waals surface area contributed by atoms with Gasteiger partial charge in [0.05, 0.1) is 45.2 Å². The van der Waals surface area contributed by atoms with E-state index >= 15 is 0 Å². The fraction of sp³-hybridized carbons (Fsp3) is 0.418. The molecule has 1 aliphatic heterocycles. The first-order valence-corrected chi connectivity index (χ1v) is 24.6. The minimum Gasteiger partial charge on any atom is -0.501 e. The van der Waals surface area contributed by atoms with Gasteiger partial charge in [0.1, 0.15) is 29.3 Å². The average Bonchev–Trinajstić information content (AvgIpc) is 3.37. The smallest absolute Gasteiger partial charge is 0.407 e. The van der Waals surface area contributed by atoms with Crippen LogP contribution in [0, 0.1) is 16.6 Å². The molecule has 0 aliphatic carbocycles. The van der Waals surface area contributed by atoms with Crippen molar-refractivity contribution in [2.24, 2.45) is 10.8 Å². The van der Waals surface area contributed by atoms with Crippen molar-refractivity contribution in [3.8, 4) is 17.0 Å². The van der Waals surface area contributed by atoms with Crippen LogP contribution in [0.5, 0.6) is 5.75 Å². The third-order valence-corrected chi connectivity index (χ3v) is 12.2. The SMILES string of the molecule is CC1(C)OCCn2c1nc(C(=O)NCc1ccc(F)cc1)c(O)c2=O.COC(=O)N[C@H](C(=O)N[C@@H](Cc1ccccc1)[C@@H](O)CN(Cc1ccc(-c2ccccn2)cc1)NC(=O)[C@@H](NC(=O)OC)C(C)(C)C)C(C)(C)C. The number of pyridine rings is 1. The number of aromatic hydroxyl groups is 1. The number of nitrogens with one attached hydrogen (secondary N) is 5. The number of amides is 5. The first-order chi connectivity index (χ1) is 35.8. The van der Waals surface area contributed by atoms with Crippen LogP contribution in [-0.4, -0.2) is 111 Å². The summed E-state index contributed by atoms with van der Waals surface area (Å²) in [6, 6.07) is 25.5. The number of fused-ring (bicyclic) bond motifs is 1. The summed E-state index contributed by atoms with van der Waals surface area (Å²) in [6.45, 7) is 15.0. The van der Waals surface area contributed by atoms with Crippen molar-refractivity contribution in [3.63, 3.8) is 0 Å². The van der Waals surface area contributed by atoms with Crippen molar-refractivity contribution in [2.75, 3.05) is 27.4 Å². The summed E-state index contributed by atoms with van der Waals surface area (Å²) in [6.07, 6.45) is -0.778. The number of aliphatic hydroxyl groups excluding tert-OH is 1. The Bertz CT molecular complexity index is 2820. The maximum Gasteiger partial charge on any atom is 0.407 e. The maximum atomic E-state index is 13.8. The normalized spacial score (nSPS) is 14.5. The number of alkyl carbamates (subject to hydrolysis) is 2. The highest BCUT2D eigenvalue weighted by atomic mass is 19.1. The van der Waals surface area contributed by atoms with Crippen LogP contribution in [0.3, 0.4) is 0 Å². The molecular weight excluding hydrogens is 982 g/mol. The Morgan fingerprint density at radius 3 is 1.93 bits per heavy atom. The van der Waals surface area contributed by atoms with Gasteiger partial charge in [-0.2, -0.15) is 0 Å². The summed E-state index contributed by atoms with van der Waals surface area (Å²) in [5.74, 6) is -2.51. The maximum absolute atomic E-state index is 13.8. The van der Waals surface area contributed by atoms with E-state index in [-0.39, 0.29) is 49.9 Å². The third-order valence-electron chi connectivity index (χ3n) is 12.2. The van der Waals surface area contributed by atoms with E-state index in [1.165, 1.54) is 43.1 Å². The van der Waals surface area contributed by atoms with Gasteiger partial charge >= 0.3 is 12.2 Å². The molecule has 0 spiro atoms. The van der Waals surface area contributed by atoms with Crippen LogP contribution in [-0.2, 0) is 55.5 Å². The monoisotopic (exact) mass is 1050 g/mol. The molecule has 0 radical (unpaired) electrons. The highest BCUT2D eigenvalue weighted by Gasteiger charge is 2.38. The van der Waals surface area contributed by atoms with E-state index in [4.69, 9.17) is 14.2 Å². The number of carbonyl (C=O) groups excluding carboxylic acids is 5. The van der Waals surface area contributed by atoms with Crippen molar-refractivity contribution in [3.05, 3.63) is 148 Å². The third kappa shape index (κ3) is 16.6. The number of methoxy groups -OCH3 is 2. The van der Waals surface area contributed by atoms with E-state index in [0.29, 0.717) is 12.2 Å². The summed E-state index contributed by atoms with van der Waals surface area (Å²) in [7, 11) is 2.44. The Labute approximate surface area is 441 Å². The van der Waals surface area contributed by atoms with E-state index < -0.39 is 81.9 Å². The van der Waals surface area contributed by atoms with E-state index in [2.05, 4.69) is 36.7 Å². The number of halogens is 1. The Kier molecular flexibility index (Phi) is 20.3. The Hall–Kier alpha value is -7.75. The summed E-state index contributed by atoms with van der Waals surface area (Å²) >= 11 is 0. The molecule has 7 N–H and O–H groups in total. The van der Waals surface area contributed by atoms with Crippen LogP contribution in [0.1, 0.15) is 88.4 Å². The molecule has 4 atom stereocenters. The molecule has 0 saturated carbocycles. The first-order valence-electron chi connectivity index (χ1n) is 24.6. The molecule has 0 fully saturated rings. The number of aromatic nitrogens is 3. The fourth-order valence-electron chi connectivity index (χ4n) is 8.07. The lowest BCUT2D eigenvalue weighted by Gasteiger charge is -2.35. The minimum atomic E-state index is -1.22. The van der Waals surface area contributed by atoms with Crippen LogP contribution in [0.25, 0.3) is 11.3 Å². The largest absolute Gasteiger partial charge is 0.501 e. The van der Waals surface area contributed by atoms with Gasteiger partial charge in [0.15, 0.2) is 5.69 Å². The second-order valence-electron chi connectivity index (χ2n) is 20.8. The number of ether oxygens (including phenoxy) is 3. The van der Waals surface area contributed by atoms with Gasteiger partial charge in [-0.3, -0.25) is 34.2 Å². The van der Waals surface area contributed by atoms with Gasteiger partial charge in [-0.1, -0.05) is 114 Å². The summed E-state index contributed by atoms with van der Waals surface area (Å²) in [4.78, 5) is 85.2. The standard InChI is InChI=1S/C38H52N6O7.C17H18FN3O4/c1-37(2,3)31(41-35(48)50-7)33(46)40-29(22-25-14-10-9-11-15-25)30(45)24-44(43-34(47)32(38(4,5)6)42-36(49)51-8)23-26-17-19-27(20-18-26)28-16-12-13-21-39-28;1-17(2)16-20-12(13(22)15(24)21(16)7-8-25-17)14(23)19-9-10-3-5-11(18)6-4-10/h9-21,29-32,45H,22-24H2,1-8H3,(H,40,46)(H,41,48)(H,42,49)(H,43,47);3-6,22H,7-9H2,1-2H3,(H,19,23)/t29-,30-,31+,32+;/m0./s1. The quantitative estimate of drug-likeness (QED) is 0.0568. The first kappa shape index (κ1) is 59.1. The predicted molar refractivity (Wildman–Crippen MR) is 281 cm³/mol. The molecule has 2 aromatic heterocycles. The van der Waals surface area contributed by atoms with Crippen molar-refractivity contribution in [2.45, 2.75) is 111 Å². The summed E-state index contributed by atoms with van der Waals surface area (Å²) in [5.41, 5.74) is 3.68. The van der Waals surface area contributed by atoms with Crippen molar-refractivity contribution in [1.29, 1.82) is 0 Å². The Balaban J connectivity index is 0.000000353. The molecule has 0 unspecified atom stereocenters. The molecule has 6 rings (SSSR count). The zero-order valence-corrected chi connectivity index (χ0v) is 44.6. The molecule has 21 heteroatoms. The zero-order chi connectivity index (χ0) is 56.0. The van der Waals surface area contributed by atoms with Gasteiger partial charge in [0, 0.05) is 31.4 Å². The number of hydrazine groups is 1. The molecule has 3 heterocycles. The molecule has 0 saturated heterocycles. The number of hydrogen-bond donors (Lipinski definition) is 7. The van der Waals surface area contributed by atoms with Gasteiger partial charge in [-0.05, 0) is 72.1 Å². The van der Waals surface area contributed by atoms with Crippen LogP contribution >= 0.6 is 0 Å². The number of carbonyl (C=O) groups is 5. The number of hydrogen-bond acceptors (Lipinski definition) is 14. The lowest BCUT2D eigenvalue weighted by atomic mass is 9.85. The van der Waals surface area contributed by atoms with E-state index in [1.54, 1.807) is 45.8 Å². The molecule has 76 heavy (non-hydrogen) atoms. The van der Waals surface area contributed by atoms with Crippen LogP contribution in [0.4, 0.5) is 14.0 Å². The lowest BCUT2D eigenvalue weighted by Crippen LogP contribution is -2.60. The second-order valence-corrected chi connectivity index (χ2v) is 20.8. The van der Waals surface area contributed by atoms with E-state index in [9.17, 15) is 43.4 Å². The molecule has 408 valence electrons. The van der Waals surface area contributed by atoms with E-state index in [1.807, 2.05) is 93.6 Å². The number of benzene rings is 3. The summed E-state index contributed by atoms with van der Waals surface area (Å²) < 4.78 is 29.3. The van der Waals surface area contributed by atoms with Crippen LogP contribution in [0.15, 0.2) is 108 Å². The van der Waals surface area contributed by atoms with Gasteiger partial charge in [-0.15, -0.1) is 0 Å². The lowest BCUT2D eigenvalue weighted by molar-refractivity contribution is -0.132. The molecule has 5 amide bonds. The fourth-order valence-corrected chi connectivity index (χ4v) is 8.07. The molecule has 0 bridgehead atoms. The molecule has 3 aromatic carbocycles. The average molecular weight is 1050 g/mol. The van der Waals surface area contributed by atoms with Gasteiger partial charge < -0.3 is 45.7 Å². The second kappa shape index (κ2) is 26.1. The summed E-state index contributed by atoms with van der Waals surface area (Å²) in [5, 5.41) is 34.2. The van der Waals surface area contributed by atoms with Crippen molar-refractivity contribution < 1.29 is 52.8 Å². The van der Waals surface area contributed by atoms with Gasteiger partial charge in [-0.25, -0.2) is 24.0 Å². The van der Waals surface area contributed by atoms with Crippen molar-refractivity contribution in [1.82, 2.24) is 46.2 Å². The Morgan fingerprint density at radius 2 is 1.37 bits per heavy atom. The molecule has 5 aromatic rings. The van der Waals surface area contributed by atoms with Gasteiger partial charge in [0.25, 0.3) is 17.4 Å². The predicted octanol–water partition coefficient (Wildman–Crippen LogP) is 5.49. The zero-order valence-electron chi connectivity index (χ0n) is 44.6. The van der Waals surface area contributed by atoms with Crippen LogP contribution in [0.2, 0.25) is 0 Å². The highest BCUT2D eigenvalue weighted by Crippen LogP contribution is 2.28. The van der Waals surface area contributed by atoms with E-state index in [0.717, 1.165) is 22.4 Å². The Morgan fingerprint density at radius 1 is 0.789 bits per heavy atom. The molecular formula is C55H70FN9O11.